The number of ether oxygens (including phenoxy) is 1. The first kappa shape index (κ1) is 17.0. The third kappa shape index (κ3) is 4.57. The van der Waals surface area contributed by atoms with Crippen LogP contribution in [0.2, 0.25) is 0 Å². The van der Waals surface area contributed by atoms with Gasteiger partial charge in [0.15, 0.2) is 6.61 Å². The van der Waals surface area contributed by atoms with Crippen LogP contribution in [0, 0.1) is 0 Å². The molecule has 0 spiro atoms. The molecule has 0 saturated carbocycles. The zero-order valence-electron chi connectivity index (χ0n) is 12.9. The number of carbonyl (C=O) groups excluding carboxylic acids is 3. The highest BCUT2D eigenvalue weighted by atomic mass is 16.5. The zero-order chi connectivity index (χ0) is 17.5. The first-order valence-corrected chi connectivity index (χ1v) is 7.08. The molecule has 0 atom stereocenters. The molecule has 24 heavy (non-hydrogen) atoms. The van der Waals surface area contributed by atoms with Crippen molar-refractivity contribution in [2.75, 3.05) is 13.7 Å². The van der Waals surface area contributed by atoms with Crippen molar-refractivity contribution in [3.05, 3.63) is 54.1 Å². The molecule has 2 rings (SSSR count). The molecule has 2 aromatic rings. The molecule has 0 aromatic heterocycles. The van der Waals surface area contributed by atoms with Crippen LogP contribution in [0.4, 0.5) is 4.79 Å². The highest BCUT2D eigenvalue weighted by Gasteiger charge is 2.12. The minimum Gasteiger partial charge on any atom is -0.508 e. The lowest BCUT2D eigenvalue weighted by molar-refractivity contribution is -0.123. The molecule has 0 aliphatic rings. The molecule has 0 heterocycles. The maximum Gasteiger partial charge on any atom is 0.338 e. The number of amides is 3. The predicted molar refractivity (Wildman–Crippen MR) is 86.4 cm³/mol. The SMILES string of the molecule is CNC(=O)NC(=O)COC(=O)c1ccc(-c2ccc(O)cc2)cc1. The molecule has 0 saturated heterocycles. The van der Waals surface area contributed by atoms with Crippen molar-refractivity contribution in [1.82, 2.24) is 10.6 Å². The van der Waals surface area contributed by atoms with E-state index in [2.05, 4.69) is 5.32 Å². The van der Waals surface area contributed by atoms with E-state index in [4.69, 9.17) is 4.74 Å². The van der Waals surface area contributed by atoms with Gasteiger partial charge in [-0.3, -0.25) is 10.1 Å². The number of aromatic hydroxyl groups is 1. The predicted octanol–water partition coefficient (Wildman–Crippen LogP) is 1.67. The highest BCUT2D eigenvalue weighted by Crippen LogP contribution is 2.22. The molecule has 124 valence electrons. The Labute approximate surface area is 138 Å². The molecule has 7 heteroatoms. The Morgan fingerprint density at radius 3 is 2.04 bits per heavy atom. The molecule has 0 unspecified atom stereocenters. The largest absolute Gasteiger partial charge is 0.508 e. The van der Waals surface area contributed by atoms with Crippen LogP contribution in [0.5, 0.6) is 5.75 Å². The van der Waals surface area contributed by atoms with Gasteiger partial charge in [-0.1, -0.05) is 24.3 Å². The quantitative estimate of drug-likeness (QED) is 0.741. The van der Waals surface area contributed by atoms with Gasteiger partial charge in [-0.05, 0) is 35.4 Å². The van der Waals surface area contributed by atoms with Crippen LogP contribution in [-0.2, 0) is 9.53 Å². The van der Waals surface area contributed by atoms with E-state index >= 15 is 0 Å². The van der Waals surface area contributed by atoms with Crippen molar-refractivity contribution in [2.24, 2.45) is 0 Å². The molecule has 0 fully saturated rings. The number of rotatable bonds is 4. The molecule has 3 amide bonds. The third-order valence-electron chi connectivity index (χ3n) is 3.14. The summed E-state index contributed by atoms with van der Waals surface area (Å²) in [7, 11) is 1.37. The lowest BCUT2D eigenvalue weighted by Gasteiger charge is -2.06. The van der Waals surface area contributed by atoms with Gasteiger partial charge in [0, 0.05) is 7.05 Å². The smallest absolute Gasteiger partial charge is 0.338 e. The summed E-state index contributed by atoms with van der Waals surface area (Å²) >= 11 is 0. The van der Waals surface area contributed by atoms with E-state index in [9.17, 15) is 19.5 Å². The summed E-state index contributed by atoms with van der Waals surface area (Å²) in [5.74, 6) is -1.21. The van der Waals surface area contributed by atoms with E-state index in [0.717, 1.165) is 11.1 Å². The Hall–Kier alpha value is -3.35. The van der Waals surface area contributed by atoms with E-state index < -0.39 is 24.5 Å². The average molecular weight is 328 g/mol. The Balaban J connectivity index is 1.95. The van der Waals surface area contributed by atoms with Crippen molar-refractivity contribution < 1.29 is 24.2 Å². The van der Waals surface area contributed by atoms with Gasteiger partial charge in [0.2, 0.25) is 0 Å². The van der Waals surface area contributed by atoms with E-state index in [0.29, 0.717) is 0 Å². The summed E-state index contributed by atoms with van der Waals surface area (Å²) in [5, 5.41) is 13.5. The Kier molecular flexibility index (Phi) is 5.51. The van der Waals surface area contributed by atoms with Crippen LogP contribution in [0.3, 0.4) is 0 Å². The van der Waals surface area contributed by atoms with Crippen molar-refractivity contribution in [3.63, 3.8) is 0 Å². The maximum atomic E-state index is 11.9. The second-order valence-corrected chi connectivity index (χ2v) is 4.83. The van der Waals surface area contributed by atoms with E-state index in [1.165, 1.54) is 7.05 Å². The molecule has 3 N–H and O–H groups in total. The summed E-state index contributed by atoms with van der Waals surface area (Å²) < 4.78 is 4.83. The first-order chi connectivity index (χ1) is 11.5. The van der Waals surface area contributed by atoms with Crippen LogP contribution < -0.4 is 10.6 Å². The van der Waals surface area contributed by atoms with Gasteiger partial charge in [0.25, 0.3) is 5.91 Å². The van der Waals surface area contributed by atoms with Crippen LogP contribution >= 0.6 is 0 Å². The van der Waals surface area contributed by atoms with Gasteiger partial charge in [-0.15, -0.1) is 0 Å². The van der Waals surface area contributed by atoms with Crippen molar-refractivity contribution >= 4 is 17.9 Å². The van der Waals surface area contributed by atoms with E-state index in [1.807, 2.05) is 5.32 Å². The van der Waals surface area contributed by atoms with Gasteiger partial charge in [0.05, 0.1) is 5.56 Å². The van der Waals surface area contributed by atoms with Crippen molar-refractivity contribution in [2.45, 2.75) is 0 Å². The molecule has 7 nitrogen and oxygen atoms in total. The van der Waals surface area contributed by atoms with Crippen LogP contribution in [0.25, 0.3) is 11.1 Å². The van der Waals surface area contributed by atoms with Gasteiger partial charge >= 0.3 is 12.0 Å². The zero-order valence-corrected chi connectivity index (χ0v) is 12.9. The Morgan fingerprint density at radius 2 is 1.50 bits per heavy atom. The average Bonchev–Trinajstić information content (AvgIpc) is 2.60. The standard InChI is InChI=1S/C17H16N2O5/c1-18-17(23)19-15(21)10-24-16(22)13-4-2-11(3-5-13)12-6-8-14(20)9-7-12/h2-9,20H,10H2,1H3,(H2,18,19,21,23). The fraction of sp³-hybridized carbons (Fsp3) is 0.118. The molecule has 0 radical (unpaired) electrons. The number of carbonyl (C=O) groups is 3. The summed E-state index contributed by atoms with van der Waals surface area (Å²) in [6.45, 7) is -0.550. The van der Waals surface area contributed by atoms with Gasteiger partial charge in [-0.25, -0.2) is 9.59 Å². The number of hydrogen-bond acceptors (Lipinski definition) is 5. The van der Waals surface area contributed by atoms with Gasteiger partial charge in [-0.2, -0.15) is 0 Å². The number of phenolic OH excluding ortho intramolecular Hbond substituents is 1. The molecule has 0 aliphatic heterocycles. The number of benzene rings is 2. The molecular weight excluding hydrogens is 312 g/mol. The number of phenols is 1. The highest BCUT2D eigenvalue weighted by molar-refractivity contribution is 5.97. The topological polar surface area (TPSA) is 105 Å². The fourth-order valence-electron chi connectivity index (χ4n) is 1.89. The molecular formula is C17H16N2O5. The van der Waals surface area contributed by atoms with Crippen molar-refractivity contribution in [1.29, 1.82) is 0 Å². The lowest BCUT2D eigenvalue weighted by Crippen LogP contribution is -2.39. The lowest BCUT2D eigenvalue weighted by atomic mass is 10.0. The molecule has 0 bridgehead atoms. The van der Waals surface area contributed by atoms with E-state index in [-0.39, 0.29) is 11.3 Å². The fourth-order valence-corrected chi connectivity index (χ4v) is 1.89. The molecule has 2 aromatic carbocycles. The summed E-state index contributed by atoms with van der Waals surface area (Å²) in [5.41, 5.74) is 2.03. The second kappa shape index (κ2) is 7.77. The van der Waals surface area contributed by atoms with Gasteiger partial charge in [0.1, 0.15) is 5.75 Å². The van der Waals surface area contributed by atoms with Crippen LogP contribution in [-0.4, -0.2) is 36.7 Å². The summed E-state index contributed by atoms with van der Waals surface area (Å²) in [4.78, 5) is 34.1. The summed E-state index contributed by atoms with van der Waals surface area (Å²) in [6.07, 6.45) is 0. The molecule has 0 aliphatic carbocycles. The minimum atomic E-state index is -0.719. The number of hydrogen-bond donors (Lipinski definition) is 3. The van der Waals surface area contributed by atoms with Crippen molar-refractivity contribution in [3.8, 4) is 16.9 Å². The number of imide groups is 1. The Bertz CT molecular complexity index is 739. The van der Waals surface area contributed by atoms with E-state index in [1.54, 1.807) is 48.5 Å². The number of nitrogens with one attached hydrogen (secondary N) is 2. The normalized spacial score (nSPS) is 9.88. The monoisotopic (exact) mass is 328 g/mol. The van der Waals surface area contributed by atoms with Gasteiger partial charge < -0.3 is 15.2 Å². The summed E-state index contributed by atoms with van der Waals surface area (Å²) in [6, 6.07) is 12.6. The van der Waals surface area contributed by atoms with Crippen LogP contribution in [0.15, 0.2) is 48.5 Å². The third-order valence-corrected chi connectivity index (χ3v) is 3.14. The second-order valence-electron chi connectivity index (χ2n) is 4.83. The Morgan fingerprint density at radius 1 is 0.958 bits per heavy atom. The number of esters is 1. The van der Waals surface area contributed by atoms with Crippen LogP contribution in [0.1, 0.15) is 10.4 Å². The maximum absolute atomic E-state index is 11.9. The minimum absolute atomic E-state index is 0.175. The first-order valence-electron chi connectivity index (χ1n) is 7.08. The number of urea groups is 1.